The van der Waals surface area contributed by atoms with E-state index in [0.29, 0.717) is 83.1 Å². The number of anilines is 3. The number of amides is 2. The number of thiazole rings is 1. The summed E-state index contributed by atoms with van der Waals surface area (Å²) in [5.41, 5.74) is 1.65. The molecule has 2 rings (SSSR count). The fourth-order valence-electron chi connectivity index (χ4n) is 3.25. The Morgan fingerprint density at radius 1 is 0.881 bits per heavy atom. The lowest BCUT2D eigenvalue weighted by Gasteiger charge is -2.13. The summed E-state index contributed by atoms with van der Waals surface area (Å²) in [7, 11) is 0. The van der Waals surface area contributed by atoms with E-state index in [1.807, 2.05) is 0 Å². The summed E-state index contributed by atoms with van der Waals surface area (Å²) >= 11 is 0.964. The Kier molecular flexibility index (Phi) is 16.8. The van der Waals surface area contributed by atoms with E-state index in [4.69, 9.17) is 28.8 Å². The highest BCUT2D eigenvalue weighted by atomic mass is 32.1. The van der Waals surface area contributed by atoms with Crippen molar-refractivity contribution in [2.24, 2.45) is 5.18 Å². The van der Waals surface area contributed by atoms with Crippen molar-refractivity contribution in [2.75, 3.05) is 88.6 Å². The average molecular weight is 612 g/mol. The first-order chi connectivity index (χ1) is 20.3. The Morgan fingerprint density at radius 3 is 1.98 bits per heavy atom. The van der Waals surface area contributed by atoms with Crippen molar-refractivity contribution < 1.29 is 43.2 Å². The lowest BCUT2D eigenvalue weighted by molar-refractivity contribution is -0.138. The zero-order valence-corrected chi connectivity index (χ0v) is 24.5. The Bertz CT molecular complexity index is 1150. The molecule has 0 spiro atoms. The second kappa shape index (κ2) is 20.4. The first kappa shape index (κ1) is 34.7. The normalized spacial score (nSPS) is 10.8. The average Bonchev–Trinajstić information content (AvgIpc) is 3.30. The largest absolute Gasteiger partial charge is 0.481 e. The number of rotatable bonds is 23. The molecule has 0 bridgehead atoms. The lowest BCUT2D eigenvalue weighted by atomic mass is 10.1. The quantitative estimate of drug-likeness (QED) is 0.106. The molecule has 0 saturated heterocycles. The molecular weight excluding hydrogens is 574 g/mol. The van der Waals surface area contributed by atoms with Crippen LogP contribution in [0.1, 0.15) is 29.4 Å². The molecule has 0 saturated carbocycles. The molecular formula is C26H37N5O10S. The molecule has 1 aromatic carbocycles. The van der Waals surface area contributed by atoms with E-state index < -0.39 is 11.9 Å². The topological polar surface area (TPSA) is 196 Å². The maximum Gasteiger partial charge on any atom is 0.305 e. The van der Waals surface area contributed by atoms with Gasteiger partial charge < -0.3 is 39.4 Å². The Morgan fingerprint density at radius 2 is 1.45 bits per heavy atom. The van der Waals surface area contributed by atoms with Crippen LogP contribution in [-0.2, 0) is 33.3 Å². The van der Waals surface area contributed by atoms with Crippen LogP contribution in [0.15, 0.2) is 23.4 Å². The number of carboxylic acid groups (broad SMARTS) is 1. The second-order valence-electron chi connectivity index (χ2n) is 8.53. The van der Waals surface area contributed by atoms with Gasteiger partial charge in [0, 0.05) is 19.2 Å². The van der Waals surface area contributed by atoms with Crippen LogP contribution in [0, 0.1) is 11.8 Å². The number of ether oxygens (including phenoxy) is 5. The number of nitroso groups, excluding NO2 is 1. The van der Waals surface area contributed by atoms with Crippen molar-refractivity contribution >= 4 is 50.6 Å². The van der Waals surface area contributed by atoms with Gasteiger partial charge in [-0.05, 0) is 30.3 Å². The fourth-order valence-corrected chi connectivity index (χ4v) is 3.99. The van der Waals surface area contributed by atoms with Gasteiger partial charge in [0.1, 0.15) is 0 Å². The van der Waals surface area contributed by atoms with Crippen LogP contribution >= 0.6 is 11.3 Å². The van der Waals surface area contributed by atoms with Gasteiger partial charge in [-0.3, -0.25) is 19.7 Å². The van der Waals surface area contributed by atoms with Crippen molar-refractivity contribution in [3.8, 4) is 0 Å². The molecule has 4 N–H and O–H groups in total. The molecule has 1 heterocycles. The third-order valence-corrected chi connectivity index (χ3v) is 6.12. The summed E-state index contributed by atoms with van der Waals surface area (Å²) in [4.78, 5) is 49.7. The number of aromatic nitrogens is 1. The van der Waals surface area contributed by atoms with E-state index in [0.717, 1.165) is 11.3 Å². The predicted octanol–water partition coefficient (Wildman–Crippen LogP) is 3.03. The van der Waals surface area contributed by atoms with Gasteiger partial charge in [0.15, 0.2) is 10.1 Å². The third kappa shape index (κ3) is 14.4. The van der Waals surface area contributed by atoms with Crippen LogP contribution in [0.4, 0.5) is 21.5 Å². The van der Waals surface area contributed by atoms with Crippen LogP contribution in [-0.4, -0.2) is 100 Å². The number of carbonyl (C=O) groups is 3. The minimum Gasteiger partial charge on any atom is -0.481 e. The summed E-state index contributed by atoms with van der Waals surface area (Å²) in [6.45, 7) is 7.23. The van der Waals surface area contributed by atoms with Gasteiger partial charge in [0.2, 0.25) is 5.91 Å². The molecule has 0 unspecified atom stereocenters. The maximum absolute atomic E-state index is 12.8. The van der Waals surface area contributed by atoms with Crippen LogP contribution < -0.4 is 16.0 Å². The molecule has 0 aliphatic rings. The fraction of sp³-hybridized carbons (Fsp3) is 0.538. The van der Waals surface area contributed by atoms with E-state index in [1.54, 1.807) is 25.1 Å². The van der Waals surface area contributed by atoms with Crippen molar-refractivity contribution in [1.82, 2.24) is 4.98 Å². The van der Waals surface area contributed by atoms with Crippen molar-refractivity contribution in [3.63, 3.8) is 0 Å². The number of hydrogen-bond donors (Lipinski definition) is 4. The Labute approximate surface area is 247 Å². The van der Waals surface area contributed by atoms with Gasteiger partial charge in [0.05, 0.1) is 89.4 Å². The highest BCUT2D eigenvalue weighted by Gasteiger charge is 2.16. The first-order valence-corrected chi connectivity index (χ1v) is 14.0. The summed E-state index contributed by atoms with van der Waals surface area (Å²) in [5.74, 6) is -1.72. The summed E-state index contributed by atoms with van der Waals surface area (Å²) < 4.78 is 26.8. The number of carbonyl (C=O) groups excluding carboxylic acids is 2. The zero-order valence-electron chi connectivity index (χ0n) is 23.6. The van der Waals surface area contributed by atoms with Gasteiger partial charge in [-0.2, -0.15) is 0 Å². The van der Waals surface area contributed by atoms with Crippen LogP contribution in [0.3, 0.4) is 0 Å². The molecule has 16 heteroatoms. The predicted molar refractivity (Wildman–Crippen MR) is 156 cm³/mol. The summed E-state index contributed by atoms with van der Waals surface area (Å²) in [5, 5.41) is 20.2. The molecule has 0 aliphatic carbocycles. The second-order valence-corrected chi connectivity index (χ2v) is 9.51. The Hall–Kier alpha value is -3.54. The lowest BCUT2D eigenvalue weighted by Crippen LogP contribution is -2.17. The molecule has 0 fully saturated rings. The smallest absolute Gasteiger partial charge is 0.305 e. The highest BCUT2D eigenvalue weighted by molar-refractivity contribution is 7.19. The van der Waals surface area contributed by atoms with Crippen LogP contribution in [0.25, 0.3) is 0 Å². The maximum atomic E-state index is 12.8. The zero-order chi connectivity index (χ0) is 30.6. The van der Waals surface area contributed by atoms with Gasteiger partial charge in [-0.25, -0.2) is 4.98 Å². The SMILES string of the molecule is CC(=O)Nc1cc(NCCOCCOCCOCCOCCOCCC(=O)O)ccc1C(=O)Nc1nc(C)c(N=O)s1. The van der Waals surface area contributed by atoms with Gasteiger partial charge in [-0.15, -0.1) is 4.91 Å². The molecule has 1 aromatic heterocycles. The molecule has 0 aliphatic heterocycles. The minimum atomic E-state index is -0.892. The molecule has 232 valence electrons. The van der Waals surface area contributed by atoms with Crippen molar-refractivity contribution in [3.05, 3.63) is 34.4 Å². The van der Waals surface area contributed by atoms with E-state index in [9.17, 15) is 19.3 Å². The number of aryl methyl sites for hydroxylation is 1. The van der Waals surface area contributed by atoms with E-state index in [1.165, 1.54) is 6.92 Å². The van der Waals surface area contributed by atoms with E-state index >= 15 is 0 Å². The number of nitrogens with zero attached hydrogens (tertiary/aromatic N) is 2. The molecule has 0 radical (unpaired) electrons. The van der Waals surface area contributed by atoms with Gasteiger partial charge in [-0.1, -0.05) is 11.3 Å². The molecule has 15 nitrogen and oxygen atoms in total. The van der Waals surface area contributed by atoms with Crippen molar-refractivity contribution in [2.45, 2.75) is 20.3 Å². The monoisotopic (exact) mass is 611 g/mol. The van der Waals surface area contributed by atoms with Crippen LogP contribution in [0.5, 0.6) is 0 Å². The first-order valence-electron chi connectivity index (χ1n) is 13.2. The van der Waals surface area contributed by atoms with E-state index in [-0.39, 0.29) is 34.6 Å². The molecule has 0 atom stereocenters. The number of nitrogens with one attached hydrogen (secondary N) is 3. The van der Waals surface area contributed by atoms with E-state index in [2.05, 4.69) is 26.1 Å². The molecule has 42 heavy (non-hydrogen) atoms. The summed E-state index contributed by atoms with van der Waals surface area (Å²) in [6.07, 6.45) is -0.0229. The number of aliphatic carboxylic acids is 1. The van der Waals surface area contributed by atoms with Crippen molar-refractivity contribution in [1.29, 1.82) is 0 Å². The Balaban J connectivity index is 1.56. The molecule has 2 amide bonds. The molecule has 2 aromatic rings. The van der Waals surface area contributed by atoms with Gasteiger partial charge in [0.25, 0.3) is 5.91 Å². The standard InChI is InChI=1S/C26H37N5O10S/c1-18-25(31-36)42-26(28-18)30-24(35)21-4-3-20(17-22(21)29-19(2)32)27-6-8-38-10-12-40-14-16-41-15-13-39-11-9-37-7-5-23(33)34/h3-4,17,27H,5-16H2,1-2H3,(H,29,32)(H,33,34)(H,28,30,35). The van der Waals surface area contributed by atoms with Crippen LogP contribution in [0.2, 0.25) is 0 Å². The highest BCUT2D eigenvalue weighted by Crippen LogP contribution is 2.31. The third-order valence-electron chi connectivity index (χ3n) is 5.17. The van der Waals surface area contributed by atoms with Gasteiger partial charge >= 0.3 is 5.97 Å². The number of benzene rings is 1. The number of hydrogen-bond acceptors (Lipinski definition) is 13. The summed E-state index contributed by atoms with van der Waals surface area (Å²) in [6, 6.07) is 4.92. The minimum absolute atomic E-state index is 0.0229. The number of carboxylic acids is 1.